The van der Waals surface area contributed by atoms with Gasteiger partial charge in [0.1, 0.15) is 0 Å². The predicted octanol–water partition coefficient (Wildman–Crippen LogP) is 1.28. The summed E-state index contributed by atoms with van der Waals surface area (Å²) in [5.74, 6) is 0. The first-order valence-electron chi connectivity index (χ1n) is 7.43. The lowest BCUT2D eigenvalue weighted by molar-refractivity contribution is 0.142. The van der Waals surface area contributed by atoms with Crippen LogP contribution in [0.1, 0.15) is 25.8 Å². The van der Waals surface area contributed by atoms with Crippen molar-refractivity contribution in [1.82, 2.24) is 9.21 Å². The molecule has 0 aliphatic carbocycles. The van der Waals surface area contributed by atoms with Gasteiger partial charge in [0, 0.05) is 32.2 Å². The molecule has 0 saturated carbocycles. The van der Waals surface area contributed by atoms with Gasteiger partial charge in [0.25, 0.3) is 0 Å². The smallest absolute Gasteiger partial charge is 0.243 e. The van der Waals surface area contributed by atoms with Crippen LogP contribution >= 0.6 is 0 Å². The Morgan fingerprint density at radius 2 is 1.71 bits per heavy atom. The van der Waals surface area contributed by atoms with Crippen molar-refractivity contribution in [2.45, 2.75) is 37.8 Å². The van der Waals surface area contributed by atoms with Gasteiger partial charge in [-0.25, -0.2) is 8.42 Å². The second-order valence-electron chi connectivity index (χ2n) is 5.50. The molecule has 0 amide bonds. The SMILES string of the molecule is CCC(C)N1CCN(S(=O)(=O)c2ccc(CO)cc2)CC1. The Balaban J connectivity index is 2.07. The molecule has 1 aliphatic heterocycles. The van der Waals surface area contributed by atoms with Crippen LogP contribution in [0.3, 0.4) is 0 Å². The maximum atomic E-state index is 12.6. The van der Waals surface area contributed by atoms with Gasteiger partial charge in [0.05, 0.1) is 11.5 Å². The number of nitrogens with zero attached hydrogens (tertiary/aromatic N) is 2. The lowest BCUT2D eigenvalue weighted by Crippen LogP contribution is -2.51. The van der Waals surface area contributed by atoms with Crippen molar-refractivity contribution >= 4 is 10.0 Å². The summed E-state index contributed by atoms with van der Waals surface area (Å²) < 4.78 is 26.7. The van der Waals surface area contributed by atoms with Crippen LogP contribution in [0.4, 0.5) is 0 Å². The first-order chi connectivity index (χ1) is 9.98. The average molecular weight is 312 g/mol. The van der Waals surface area contributed by atoms with E-state index in [-0.39, 0.29) is 6.61 Å². The van der Waals surface area contributed by atoms with E-state index >= 15 is 0 Å². The molecule has 1 aliphatic rings. The second kappa shape index (κ2) is 6.87. The number of rotatable bonds is 5. The summed E-state index contributed by atoms with van der Waals surface area (Å²) in [6.07, 6.45) is 1.08. The van der Waals surface area contributed by atoms with E-state index in [1.165, 1.54) is 0 Å². The number of piperazine rings is 1. The van der Waals surface area contributed by atoms with Gasteiger partial charge in [-0.05, 0) is 31.0 Å². The van der Waals surface area contributed by atoms with Crippen molar-refractivity contribution < 1.29 is 13.5 Å². The van der Waals surface area contributed by atoms with Crippen LogP contribution in [0.5, 0.6) is 0 Å². The Bertz CT molecular complexity index is 549. The minimum Gasteiger partial charge on any atom is -0.392 e. The molecule has 6 heteroatoms. The van der Waals surface area contributed by atoms with E-state index in [1.807, 2.05) is 0 Å². The molecule has 1 heterocycles. The van der Waals surface area contributed by atoms with Crippen molar-refractivity contribution in [2.75, 3.05) is 26.2 Å². The highest BCUT2D eigenvalue weighted by atomic mass is 32.2. The number of hydrogen-bond acceptors (Lipinski definition) is 4. The van der Waals surface area contributed by atoms with Gasteiger partial charge < -0.3 is 5.11 Å². The summed E-state index contributed by atoms with van der Waals surface area (Å²) in [4.78, 5) is 2.64. The average Bonchev–Trinajstić information content (AvgIpc) is 2.54. The third-order valence-electron chi connectivity index (χ3n) is 4.23. The minimum atomic E-state index is -3.42. The Morgan fingerprint density at radius 1 is 1.14 bits per heavy atom. The van der Waals surface area contributed by atoms with Gasteiger partial charge in [-0.15, -0.1) is 0 Å². The van der Waals surface area contributed by atoms with Crippen LogP contribution in [0.2, 0.25) is 0 Å². The molecule has 0 bridgehead atoms. The molecular formula is C15H24N2O3S. The van der Waals surface area contributed by atoms with Gasteiger partial charge in [0.2, 0.25) is 10.0 Å². The highest BCUT2D eigenvalue weighted by molar-refractivity contribution is 7.89. The monoisotopic (exact) mass is 312 g/mol. The summed E-state index contributed by atoms with van der Waals surface area (Å²) >= 11 is 0. The molecule has 118 valence electrons. The fourth-order valence-electron chi connectivity index (χ4n) is 2.56. The van der Waals surface area contributed by atoms with E-state index in [4.69, 9.17) is 5.11 Å². The maximum absolute atomic E-state index is 12.6. The van der Waals surface area contributed by atoms with Crippen molar-refractivity contribution in [2.24, 2.45) is 0 Å². The van der Waals surface area contributed by atoms with Crippen molar-refractivity contribution in [3.05, 3.63) is 29.8 Å². The zero-order chi connectivity index (χ0) is 15.5. The summed E-state index contributed by atoms with van der Waals surface area (Å²) in [6.45, 7) is 6.89. The quantitative estimate of drug-likeness (QED) is 0.890. The molecule has 1 atom stereocenters. The van der Waals surface area contributed by atoms with E-state index in [1.54, 1.807) is 28.6 Å². The van der Waals surface area contributed by atoms with E-state index < -0.39 is 10.0 Å². The number of aliphatic hydroxyl groups is 1. The Labute approximate surface area is 127 Å². The van der Waals surface area contributed by atoms with Crippen LogP contribution in [0, 0.1) is 0 Å². The molecule has 0 aromatic heterocycles. The molecule has 5 nitrogen and oxygen atoms in total. The number of aliphatic hydroxyl groups excluding tert-OH is 1. The van der Waals surface area contributed by atoms with E-state index in [0.29, 0.717) is 24.0 Å². The largest absolute Gasteiger partial charge is 0.392 e. The molecule has 1 N–H and O–H groups in total. The first-order valence-corrected chi connectivity index (χ1v) is 8.87. The lowest BCUT2D eigenvalue weighted by Gasteiger charge is -2.37. The summed E-state index contributed by atoms with van der Waals surface area (Å²) in [5, 5.41) is 9.02. The molecule has 1 saturated heterocycles. The predicted molar refractivity (Wildman–Crippen MR) is 82.4 cm³/mol. The van der Waals surface area contributed by atoms with Crippen LogP contribution in [0.25, 0.3) is 0 Å². The molecule has 2 rings (SSSR count). The third-order valence-corrected chi connectivity index (χ3v) is 6.14. The highest BCUT2D eigenvalue weighted by Crippen LogP contribution is 2.19. The van der Waals surface area contributed by atoms with E-state index in [0.717, 1.165) is 25.1 Å². The fourth-order valence-corrected chi connectivity index (χ4v) is 3.98. The zero-order valence-electron chi connectivity index (χ0n) is 12.7. The van der Waals surface area contributed by atoms with Crippen LogP contribution in [-0.2, 0) is 16.6 Å². The Hall–Kier alpha value is -0.950. The lowest BCUT2D eigenvalue weighted by atomic mass is 10.2. The maximum Gasteiger partial charge on any atom is 0.243 e. The summed E-state index contributed by atoms with van der Waals surface area (Å²) in [7, 11) is -3.42. The van der Waals surface area contributed by atoms with Crippen molar-refractivity contribution in [3.8, 4) is 0 Å². The molecule has 1 unspecified atom stereocenters. The second-order valence-corrected chi connectivity index (χ2v) is 7.44. The third kappa shape index (κ3) is 3.63. The van der Waals surface area contributed by atoms with E-state index in [2.05, 4.69) is 18.7 Å². The van der Waals surface area contributed by atoms with Crippen molar-refractivity contribution in [1.29, 1.82) is 0 Å². The number of benzene rings is 1. The fraction of sp³-hybridized carbons (Fsp3) is 0.600. The topological polar surface area (TPSA) is 60.9 Å². The van der Waals surface area contributed by atoms with Gasteiger partial charge in [0.15, 0.2) is 0 Å². The molecule has 1 fully saturated rings. The Kier molecular flexibility index (Phi) is 5.37. The molecule has 21 heavy (non-hydrogen) atoms. The van der Waals surface area contributed by atoms with Crippen LogP contribution < -0.4 is 0 Å². The van der Waals surface area contributed by atoms with Gasteiger partial charge in [-0.1, -0.05) is 19.1 Å². The number of sulfonamides is 1. The molecular weight excluding hydrogens is 288 g/mol. The minimum absolute atomic E-state index is 0.0755. The number of hydrogen-bond donors (Lipinski definition) is 1. The van der Waals surface area contributed by atoms with Crippen molar-refractivity contribution in [3.63, 3.8) is 0 Å². The normalized spacial score (nSPS) is 19.6. The molecule has 1 aromatic carbocycles. The first kappa shape index (κ1) is 16.4. The summed E-state index contributed by atoms with van der Waals surface area (Å²) in [6, 6.07) is 6.95. The zero-order valence-corrected chi connectivity index (χ0v) is 13.5. The Morgan fingerprint density at radius 3 is 2.19 bits per heavy atom. The standard InChI is InChI=1S/C15H24N2O3S/c1-3-13(2)16-8-10-17(11-9-16)21(19,20)15-6-4-14(12-18)5-7-15/h4-7,13,18H,3,8-12H2,1-2H3. The molecule has 1 aromatic rings. The van der Waals surface area contributed by atoms with Gasteiger partial charge in [-0.2, -0.15) is 4.31 Å². The summed E-state index contributed by atoms with van der Waals surface area (Å²) in [5.41, 5.74) is 0.718. The van der Waals surface area contributed by atoms with Gasteiger partial charge >= 0.3 is 0 Å². The molecule has 0 spiro atoms. The molecule has 0 radical (unpaired) electrons. The van der Waals surface area contributed by atoms with Crippen LogP contribution in [0.15, 0.2) is 29.2 Å². The van der Waals surface area contributed by atoms with E-state index in [9.17, 15) is 8.42 Å². The van der Waals surface area contributed by atoms with Gasteiger partial charge in [-0.3, -0.25) is 4.90 Å². The highest BCUT2D eigenvalue weighted by Gasteiger charge is 2.29. The van der Waals surface area contributed by atoms with Crippen LogP contribution in [-0.4, -0.2) is 55.0 Å².